The molecule has 0 spiro atoms. The Morgan fingerprint density at radius 3 is 2.54 bits per heavy atom. The van der Waals surface area contributed by atoms with Gasteiger partial charge in [0.25, 0.3) is 0 Å². The van der Waals surface area contributed by atoms with Crippen LogP contribution in [0, 0.1) is 9.68 Å². The van der Waals surface area contributed by atoms with Gasteiger partial charge in [0, 0.05) is 6.04 Å². The third-order valence-corrected chi connectivity index (χ3v) is 2.81. The number of furan rings is 1. The van der Waals surface area contributed by atoms with Gasteiger partial charge < -0.3 is 9.73 Å². The third kappa shape index (κ3) is 3.68. The highest BCUT2D eigenvalue weighted by Gasteiger charge is 2.06. The van der Waals surface area contributed by atoms with Crippen LogP contribution in [-0.2, 0) is 6.54 Å². The largest absolute Gasteiger partial charge is 0.454 e. The van der Waals surface area contributed by atoms with Crippen LogP contribution in [0.2, 0.25) is 0 Å². The fraction of sp³-hybridized carbons (Fsp3) is 0.600. The zero-order chi connectivity index (χ0) is 9.84. The summed E-state index contributed by atoms with van der Waals surface area (Å²) in [5.74, 6) is 1.67. The van der Waals surface area contributed by atoms with Gasteiger partial charge in [0.2, 0.25) is 0 Å². The minimum Gasteiger partial charge on any atom is -0.454 e. The average Bonchev–Trinajstić information content (AvgIpc) is 2.47. The zero-order valence-electron chi connectivity index (χ0n) is 8.30. The van der Waals surface area contributed by atoms with E-state index >= 15 is 0 Å². The van der Waals surface area contributed by atoms with Crippen molar-refractivity contribution in [3.8, 4) is 0 Å². The first-order valence-electron chi connectivity index (χ1n) is 4.57. The van der Waals surface area contributed by atoms with Crippen LogP contribution in [0.4, 0.5) is 0 Å². The highest BCUT2D eigenvalue weighted by atomic mass is 127. The molecule has 1 unspecified atom stereocenters. The molecule has 1 atom stereocenters. The summed E-state index contributed by atoms with van der Waals surface area (Å²) in [6, 6.07) is 4.53. The molecule has 1 aromatic heterocycles. The summed E-state index contributed by atoms with van der Waals surface area (Å²) in [4.78, 5) is 0. The van der Waals surface area contributed by atoms with Crippen molar-refractivity contribution in [2.75, 3.05) is 0 Å². The molecule has 0 radical (unpaired) electrons. The Morgan fingerprint density at radius 1 is 1.38 bits per heavy atom. The van der Waals surface area contributed by atoms with E-state index in [1.54, 1.807) is 0 Å². The maximum atomic E-state index is 5.44. The standard InChI is InChI=1S/C10H16INO/c1-7(2)8(3)12-6-9-4-5-10(11)13-9/h4-5,7-8,12H,6H2,1-3H3. The van der Waals surface area contributed by atoms with Crippen molar-refractivity contribution in [2.24, 2.45) is 5.92 Å². The lowest BCUT2D eigenvalue weighted by Crippen LogP contribution is -2.29. The molecule has 13 heavy (non-hydrogen) atoms. The van der Waals surface area contributed by atoms with Crippen LogP contribution in [0.15, 0.2) is 16.5 Å². The molecule has 1 aromatic rings. The minimum absolute atomic E-state index is 0.530. The van der Waals surface area contributed by atoms with E-state index in [4.69, 9.17) is 4.42 Å². The van der Waals surface area contributed by atoms with Crippen LogP contribution in [0.3, 0.4) is 0 Å². The Labute approximate surface area is 93.2 Å². The predicted molar refractivity (Wildman–Crippen MR) is 62.6 cm³/mol. The molecule has 3 heteroatoms. The molecule has 0 aliphatic carbocycles. The van der Waals surface area contributed by atoms with Gasteiger partial charge in [0.15, 0.2) is 3.77 Å². The molecule has 0 saturated heterocycles. The van der Waals surface area contributed by atoms with Crippen LogP contribution in [0.25, 0.3) is 0 Å². The van der Waals surface area contributed by atoms with Crippen LogP contribution in [0.1, 0.15) is 26.5 Å². The number of hydrogen-bond donors (Lipinski definition) is 1. The Morgan fingerprint density at radius 2 is 2.08 bits per heavy atom. The Bertz CT molecular complexity index is 257. The van der Waals surface area contributed by atoms with Crippen molar-refractivity contribution in [3.05, 3.63) is 21.7 Å². The lowest BCUT2D eigenvalue weighted by atomic mass is 10.1. The zero-order valence-corrected chi connectivity index (χ0v) is 10.5. The van der Waals surface area contributed by atoms with E-state index in [-0.39, 0.29) is 0 Å². The Kier molecular flexibility index (Phi) is 4.25. The highest BCUT2D eigenvalue weighted by molar-refractivity contribution is 14.1. The molecule has 1 rings (SSSR count). The summed E-state index contributed by atoms with van der Waals surface area (Å²) in [6.07, 6.45) is 0. The van der Waals surface area contributed by atoms with Gasteiger partial charge in [-0.25, -0.2) is 0 Å². The van der Waals surface area contributed by atoms with Gasteiger partial charge in [-0.3, -0.25) is 0 Å². The second kappa shape index (κ2) is 5.00. The van der Waals surface area contributed by atoms with Crippen LogP contribution < -0.4 is 5.32 Å². The summed E-state index contributed by atoms with van der Waals surface area (Å²) >= 11 is 2.18. The fourth-order valence-corrected chi connectivity index (χ4v) is 1.41. The van der Waals surface area contributed by atoms with Crippen molar-refractivity contribution in [3.63, 3.8) is 0 Å². The number of halogens is 1. The molecule has 0 amide bonds. The van der Waals surface area contributed by atoms with E-state index < -0.39 is 0 Å². The quantitative estimate of drug-likeness (QED) is 0.863. The molecule has 74 valence electrons. The fourth-order valence-electron chi connectivity index (χ4n) is 0.944. The van der Waals surface area contributed by atoms with Gasteiger partial charge >= 0.3 is 0 Å². The first kappa shape index (κ1) is 11.0. The lowest BCUT2D eigenvalue weighted by molar-refractivity contribution is 0.391. The average molecular weight is 293 g/mol. The van der Waals surface area contributed by atoms with Crippen LogP contribution in [0.5, 0.6) is 0 Å². The summed E-state index contributed by atoms with van der Waals surface area (Å²) in [5.41, 5.74) is 0. The van der Waals surface area contributed by atoms with E-state index in [0.717, 1.165) is 16.1 Å². The van der Waals surface area contributed by atoms with Gasteiger partial charge in [-0.15, -0.1) is 0 Å². The number of hydrogen-bond acceptors (Lipinski definition) is 2. The van der Waals surface area contributed by atoms with E-state index in [1.807, 2.05) is 12.1 Å². The highest BCUT2D eigenvalue weighted by Crippen LogP contribution is 2.10. The van der Waals surface area contributed by atoms with Gasteiger partial charge in [-0.2, -0.15) is 0 Å². The normalized spacial score (nSPS) is 13.6. The van der Waals surface area contributed by atoms with E-state index in [9.17, 15) is 0 Å². The van der Waals surface area contributed by atoms with Crippen LogP contribution >= 0.6 is 22.6 Å². The van der Waals surface area contributed by atoms with E-state index in [0.29, 0.717) is 12.0 Å². The first-order chi connectivity index (χ1) is 6.09. The van der Waals surface area contributed by atoms with Crippen molar-refractivity contribution >= 4 is 22.6 Å². The molecular weight excluding hydrogens is 277 g/mol. The van der Waals surface area contributed by atoms with Crippen molar-refractivity contribution in [1.82, 2.24) is 5.32 Å². The summed E-state index contributed by atoms with van der Waals surface area (Å²) in [6.45, 7) is 7.44. The molecule has 2 nitrogen and oxygen atoms in total. The lowest BCUT2D eigenvalue weighted by Gasteiger charge is -2.16. The van der Waals surface area contributed by atoms with Gasteiger partial charge in [0.05, 0.1) is 6.54 Å². The van der Waals surface area contributed by atoms with Crippen molar-refractivity contribution < 1.29 is 4.42 Å². The van der Waals surface area contributed by atoms with Crippen molar-refractivity contribution in [2.45, 2.75) is 33.4 Å². The maximum Gasteiger partial charge on any atom is 0.164 e. The topological polar surface area (TPSA) is 25.2 Å². The molecule has 0 aliphatic rings. The first-order valence-corrected chi connectivity index (χ1v) is 5.65. The van der Waals surface area contributed by atoms with Crippen LogP contribution in [-0.4, -0.2) is 6.04 Å². The second-order valence-corrected chi connectivity index (χ2v) is 4.68. The maximum absolute atomic E-state index is 5.44. The molecular formula is C10H16INO. The molecule has 1 heterocycles. The van der Waals surface area contributed by atoms with Gasteiger partial charge in [-0.1, -0.05) is 13.8 Å². The smallest absolute Gasteiger partial charge is 0.164 e. The second-order valence-electron chi connectivity index (χ2n) is 3.62. The molecule has 0 fully saturated rings. The molecule has 0 aliphatic heterocycles. The Hall–Kier alpha value is -0.0300. The van der Waals surface area contributed by atoms with Crippen molar-refractivity contribution in [1.29, 1.82) is 0 Å². The predicted octanol–water partition coefficient (Wildman–Crippen LogP) is 3.02. The summed E-state index contributed by atoms with van der Waals surface area (Å²) in [7, 11) is 0. The monoisotopic (exact) mass is 293 g/mol. The minimum atomic E-state index is 0.530. The number of rotatable bonds is 4. The molecule has 1 N–H and O–H groups in total. The molecule has 0 bridgehead atoms. The molecule has 0 saturated carbocycles. The number of nitrogens with one attached hydrogen (secondary N) is 1. The Balaban J connectivity index is 2.35. The molecule has 0 aromatic carbocycles. The summed E-state index contributed by atoms with van der Waals surface area (Å²) in [5, 5.41) is 3.41. The van der Waals surface area contributed by atoms with Gasteiger partial charge in [0.1, 0.15) is 5.76 Å². The van der Waals surface area contributed by atoms with Gasteiger partial charge in [-0.05, 0) is 47.6 Å². The van der Waals surface area contributed by atoms with E-state index in [2.05, 4.69) is 48.7 Å². The van der Waals surface area contributed by atoms with E-state index in [1.165, 1.54) is 0 Å². The summed E-state index contributed by atoms with van der Waals surface area (Å²) < 4.78 is 6.39. The third-order valence-electron chi connectivity index (χ3n) is 2.23. The SMILES string of the molecule is CC(C)C(C)NCc1ccc(I)o1.